The van der Waals surface area contributed by atoms with E-state index in [1.54, 1.807) is 0 Å². The van der Waals surface area contributed by atoms with Crippen LogP contribution in [0.4, 0.5) is 0 Å². The molecule has 5 heteroatoms. The Kier molecular flexibility index (Phi) is 2.85. The van der Waals surface area contributed by atoms with Crippen LogP contribution in [0.3, 0.4) is 0 Å². The van der Waals surface area contributed by atoms with Gasteiger partial charge in [0.2, 0.25) is 5.54 Å². The van der Waals surface area contributed by atoms with Gasteiger partial charge in [0.05, 0.1) is 0 Å². The Balaban J connectivity index is 2.73. The van der Waals surface area contributed by atoms with E-state index >= 15 is 0 Å². The lowest BCUT2D eigenvalue weighted by Crippen LogP contribution is -2.42. The second-order valence-corrected chi connectivity index (χ2v) is 3.61. The lowest BCUT2D eigenvalue weighted by Gasteiger charge is -2.27. The summed E-state index contributed by atoms with van der Waals surface area (Å²) in [5, 5.41) is 19.3. The molecule has 0 aromatic rings. The highest BCUT2D eigenvalue weighted by Gasteiger charge is 2.45. The minimum absolute atomic E-state index is 0.333. The molecule has 0 unspecified atom stereocenters. The lowest BCUT2D eigenvalue weighted by molar-refractivity contribution is -0.574. The van der Waals surface area contributed by atoms with Gasteiger partial charge in [-0.15, -0.1) is 0 Å². The maximum absolute atomic E-state index is 10.8. The van der Waals surface area contributed by atoms with Crippen molar-refractivity contribution in [1.82, 2.24) is 0 Å². The summed E-state index contributed by atoms with van der Waals surface area (Å²) in [5.74, 6) is -1.07. The molecular weight excluding hydrogens is 174 g/mol. The first kappa shape index (κ1) is 9.95. The van der Waals surface area contributed by atoms with Crippen LogP contribution in [0.1, 0.15) is 38.5 Å². The van der Waals surface area contributed by atoms with Crippen molar-refractivity contribution < 1.29 is 14.8 Å². The van der Waals surface area contributed by atoms with E-state index < -0.39 is 16.4 Å². The fourth-order valence-corrected chi connectivity index (χ4v) is 1.92. The second-order valence-electron chi connectivity index (χ2n) is 3.61. The normalized spacial score (nSPS) is 20.9. The van der Waals surface area contributed by atoms with Crippen LogP contribution in [-0.2, 0) is 4.79 Å². The number of hydrogen-bond donors (Lipinski definition) is 1. The summed E-state index contributed by atoms with van der Waals surface area (Å²) < 4.78 is 0. The van der Waals surface area contributed by atoms with Crippen LogP contribution in [0.15, 0.2) is 0 Å². The van der Waals surface area contributed by atoms with Crippen LogP contribution in [0, 0.1) is 10.1 Å². The number of aliphatic carboxylic acids is 1. The van der Waals surface area contributed by atoms with Gasteiger partial charge >= 0.3 is 5.97 Å². The molecule has 1 aliphatic rings. The molecule has 13 heavy (non-hydrogen) atoms. The topological polar surface area (TPSA) is 80.4 Å². The molecule has 0 radical (unpaired) electrons. The zero-order valence-electron chi connectivity index (χ0n) is 7.36. The predicted molar refractivity (Wildman–Crippen MR) is 45.1 cm³/mol. The molecule has 0 amide bonds. The summed E-state index contributed by atoms with van der Waals surface area (Å²) in [6.45, 7) is 0. The van der Waals surface area contributed by atoms with Crippen molar-refractivity contribution in [2.45, 2.75) is 44.1 Å². The number of hydrogen-bond acceptors (Lipinski definition) is 3. The average molecular weight is 187 g/mol. The van der Waals surface area contributed by atoms with Crippen LogP contribution < -0.4 is 0 Å². The van der Waals surface area contributed by atoms with Crippen molar-refractivity contribution in [2.24, 2.45) is 0 Å². The molecular formula is C8H13NO4. The van der Waals surface area contributed by atoms with E-state index in [4.69, 9.17) is 5.11 Å². The van der Waals surface area contributed by atoms with Crippen LogP contribution in [0.25, 0.3) is 0 Å². The van der Waals surface area contributed by atoms with Crippen LogP contribution in [0.5, 0.6) is 0 Å². The molecule has 0 atom stereocenters. The number of carbonyl (C=O) groups is 1. The number of nitrogens with zero attached hydrogens (tertiary/aromatic N) is 1. The predicted octanol–water partition coefficient (Wildman–Crippen LogP) is 1.44. The molecule has 0 spiro atoms. The van der Waals surface area contributed by atoms with E-state index in [2.05, 4.69) is 0 Å². The summed E-state index contributed by atoms with van der Waals surface area (Å²) in [5.41, 5.74) is -1.18. The molecule has 1 aliphatic carbocycles. The van der Waals surface area contributed by atoms with Gasteiger partial charge in [-0.2, -0.15) is 0 Å². The highest BCUT2D eigenvalue weighted by atomic mass is 16.6. The smallest absolute Gasteiger partial charge is 0.310 e. The Morgan fingerprint density at radius 3 is 2.31 bits per heavy atom. The maximum atomic E-state index is 10.8. The zero-order chi connectivity index (χ0) is 9.90. The largest absolute Gasteiger partial charge is 0.481 e. The third-order valence-corrected chi connectivity index (χ3v) is 2.65. The van der Waals surface area contributed by atoms with Crippen molar-refractivity contribution in [3.63, 3.8) is 0 Å². The highest BCUT2D eigenvalue weighted by molar-refractivity contribution is 5.68. The molecule has 1 saturated carbocycles. The monoisotopic (exact) mass is 187 g/mol. The summed E-state index contributed by atoms with van der Waals surface area (Å²) in [6, 6.07) is 0. The zero-order valence-corrected chi connectivity index (χ0v) is 7.36. The Hall–Kier alpha value is -1.13. The number of carboxylic acid groups (broad SMARTS) is 1. The number of carboxylic acids is 1. The maximum Gasteiger partial charge on any atom is 0.310 e. The number of nitro groups is 1. The Labute approximate surface area is 75.9 Å². The third-order valence-electron chi connectivity index (χ3n) is 2.65. The molecule has 0 bridgehead atoms. The van der Waals surface area contributed by atoms with E-state index in [1.807, 2.05) is 0 Å². The van der Waals surface area contributed by atoms with Crippen LogP contribution in [-0.4, -0.2) is 21.5 Å². The van der Waals surface area contributed by atoms with E-state index in [0.717, 1.165) is 19.3 Å². The van der Waals surface area contributed by atoms with Crippen molar-refractivity contribution >= 4 is 5.97 Å². The molecule has 1 fully saturated rings. The van der Waals surface area contributed by atoms with Crippen molar-refractivity contribution in [3.8, 4) is 0 Å². The van der Waals surface area contributed by atoms with Crippen LogP contribution >= 0.6 is 0 Å². The summed E-state index contributed by atoms with van der Waals surface area (Å²) in [4.78, 5) is 20.8. The SMILES string of the molecule is O=C(O)CC1([N+](=O)[O-])CCCCC1. The van der Waals surface area contributed by atoms with E-state index in [9.17, 15) is 14.9 Å². The van der Waals surface area contributed by atoms with E-state index in [-0.39, 0.29) is 6.42 Å². The minimum atomic E-state index is -1.18. The van der Waals surface area contributed by atoms with Gasteiger partial charge in [-0.25, -0.2) is 0 Å². The number of rotatable bonds is 3. The van der Waals surface area contributed by atoms with Crippen molar-refractivity contribution in [2.75, 3.05) is 0 Å². The summed E-state index contributed by atoms with van der Waals surface area (Å²) in [7, 11) is 0. The molecule has 1 N–H and O–H groups in total. The highest BCUT2D eigenvalue weighted by Crippen LogP contribution is 2.33. The minimum Gasteiger partial charge on any atom is -0.481 e. The van der Waals surface area contributed by atoms with Gasteiger partial charge < -0.3 is 5.11 Å². The van der Waals surface area contributed by atoms with Gasteiger partial charge in [0.15, 0.2) is 0 Å². The molecule has 0 aliphatic heterocycles. The molecule has 0 heterocycles. The van der Waals surface area contributed by atoms with Gasteiger partial charge in [-0.3, -0.25) is 14.9 Å². The standard InChI is InChI=1S/C8H13NO4/c10-7(11)6-8(9(12)13)4-2-1-3-5-8/h1-6H2,(H,10,11). The van der Waals surface area contributed by atoms with E-state index in [0.29, 0.717) is 12.8 Å². The quantitative estimate of drug-likeness (QED) is 0.535. The van der Waals surface area contributed by atoms with Crippen LogP contribution in [0.2, 0.25) is 0 Å². The molecule has 0 aromatic carbocycles. The fraction of sp³-hybridized carbons (Fsp3) is 0.875. The fourth-order valence-electron chi connectivity index (χ4n) is 1.92. The molecule has 0 saturated heterocycles. The first-order valence-corrected chi connectivity index (χ1v) is 4.43. The second kappa shape index (κ2) is 3.72. The molecule has 0 aromatic heterocycles. The van der Waals surface area contributed by atoms with Gasteiger partial charge in [0, 0.05) is 17.8 Å². The van der Waals surface area contributed by atoms with Crippen molar-refractivity contribution in [1.29, 1.82) is 0 Å². The average Bonchev–Trinajstić information content (AvgIpc) is 2.04. The molecule has 5 nitrogen and oxygen atoms in total. The van der Waals surface area contributed by atoms with Crippen molar-refractivity contribution in [3.05, 3.63) is 10.1 Å². The Morgan fingerprint density at radius 2 is 1.92 bits per heavy atom. The Morgan fingerprint density at radius 1 is 1.38 bits per heavy atom. The first-order chi connectivity index (χ1) is 6.07. The third kappa shape index (κ3) is 2.17. The molecule has 74 valence electrons. The Bertz CT molecular complexity index is 220. The van der Waals surface area contributed by atoms with Gasteiger partial charge in [-0.1, -0.05) is 6.42 Å². The first-order valence-electron chi connectivity index (χ1n) is 4.43. The van der Waals surface area contributed by atoms with Gasteiger partial charge in [0.1, 0.15) is 6.42 Å². The summed E-state index contributed by atoms with van der Waals surface area (Å²) in [6.07, 6.45) is 3.01. The molecule has 1 rings (SSSR count). The van der Waals surface area contributed by atoms with E-state index in [1.165, 1.54) is 0 Å². The summed E-state index contributed by atoms with van der Waals surface area (Å²) >= 11 is 0. The van der Waals surface area contributed by atoms with Gasteiger partial charge in [0.25, 0.3) is 0 Å². The van der Waals surface area contributed by atoms with Gasteiger partial charge in [-0.05, 0) is 12.8 Å². The lowest BCUT2D eigenvalue weighted by atomic mass is 9.80.